The van der Waals surface area contributed by atoms with Gasteiger partial charge < -0.3 is 10.5 Å². The van der Waals surface area contributed by atoms with Crippen molar-refractivity contribution >= 4 is 5.91 Å². The Labute approximate surface area is 113 Å². The fraction of sp³-hybridized carbons (Fsp3) is 0.154. The van der Waals surface area contributed by atoms with Gasteiger partial charge in [0.25, 0.3) is 11.5 Å². The van der Waals surface area contributed by atoms with Crippen molar-refractivity contribution in [3.05, 3.63) is 52.3 Å². The first-order chi connectivity index (χ1) is 9.54. The maximum atomic E-state index is 12.8. The third-order valence-corrected chi connectivity index (χ3v) is 2.56. The zero-order valence-electron chi connectivity index (χ0n) is 10.7. The SMILES string of the molecule is CCOc1ccn(-c2ccc(F)cn2)c(=O)c1C(N)=O. The number of hydrogen-bond donors (Lipinski definition) is 1. The quantitative estimate of drug-likeness (QED) is 0.898. The van der Waals surface area contributed by atoms with Gasteiger partial charge in [-0.25, -0.2) is 9.37 Å². The van der Waals surface area contributed by atoms with Crippen LogP contribution in [-0.4, -0.2) is 22.1 Å². The summed E-state index contributed by atoms with van der Waals surface area (Å²) in [6, 6.07) is 3.92. The van der Waals surface area contributed by atoms with Crippen molar-refractivity contribution in [3.8, 4) is 11.6 Å². The average molecular weight is 277 g/mol. The summed E-state index contributed by atoms with van der Waals surface area (Å²) < 4.78 is 19.1. The van der Waals surface area contributed by atoms with Gasteiger partial charge in [-0.1, -0.05) is 0 Å². The van der Waals surface area contributed by atoms with Crippen LogP contribution in [-0.2, 0) is 0 Å². The van der Waals surface area contributed by atoms with Crippen molar-refractivity contribution < 1.29 is 13.9 Å². The molecule has 0 fully saturated rings. The van der Waals surface area contributed by atoms with Gasteiger partial charge >= 0.3 is 0 Å². The molecule has 0 aliphatic heterocycles. The maximum Gasteiger partial charge on any atom is 0.272 e. The molecule has 0 bridgehead atoms. The molecule has 0 radical (unpaired) electrons. The van der Waals surface area contributed by atoms with Gasteiger partial charge in [0.2, 0.25) is 0 Å². The second kappa shape index (κ2) is 5.52. The molecule has 6 nitrogen and oxygen atoms in total. The zero-order chi connectivity index (χ0) is 14.7. The average Bonchev–Trinajstić information content (AvgIpc) is 2.40. The van der Waals surface area contributed by atoms with E-state index in [-0.39, 0.29) is 17.1 Å². The summed E-state index contributed by atoms with van der Waals surface area (Å²) in [6.07, 6.45) is 2.36. The molecule has 2 heterocycles. The minimum Gasteiger partial charge on any atom is -0.493 e. The van der Waals surface area contributed by atoms with E-state index in [1.165, 1.54) is 18.3 Å². The Kier molecular flexibility index (Phi) is 3.79. The van der Waals surface area contributed by atoms with Gasteiger partial charge in [-0.3, -0.25) is 14.2 Å². The summed E-state index contributed by atoms with van der Waals surface area (Å²) in [5.41, 5.74) is 4.28. The molecule has 0 aliphatic carbocycles. The van der Waals surface area contributed by atoms with E-state index in [1.807, 2.05) is 0 Å². The van der Waals surface area contributed by atoms with Crippen molar-refractivity contribution in [3.63, 3.8) is 0 Å². The van der Waals surface area contributed by atoms with Gasteiger partial charge in [0.1, 0.15) is 22.9 Å². The molecule has 20 heavy (non-hydrogen) atoms. The Hall–Kier alpha value is -2.70. The van der Waals surface area contributed by atoms with Crippen molar-refractivity contribution in [1.82, 2.24) is 9.55 Å². The lowest BCUT2D eigenvalue weighted by Gasteiger charge is -2.10. The highest BCUT2D eigenvalue weighted by atomic mass is 19.1. The van der Waals surface area contributed by atoms with E-state index < -0.39 is 17.3 Å². The molecule has 0 aliphatic rings. The zero-order valence-corrected chi connectivity index (χ0v) is 10.7. The molecule has 2 rings (SSSR count). The Morgan fingerprint density at radius 1 is 1.45 bits per heavy atom. The number of rotatable bonds is 4. The number of halogens is 1. The lowest BCUT2D eigenvalue weighted by molar-refractivity contribution is 0.0994. The van der Waals surface area contributed by atoms with Gasteiger partial charge in [-0.2, -0.15) is 0 Å². The maximum absolute atomic E-state index is 12.8. The van der Waals surface area contributed by atoms with Gasteiger partial charge in [-0.15, -0.1) is 0 Å². The standard InChI is InChI=1S/C13H12FN3O3/c1-2-20-9-5-6-17(13(19)11(9)12(15)18)10-4-3-8(14)7-16-10/h3-7H,2H2,1H3,(H2,15,18). The van der Waals surface area contributed by atoms with E-state index in [0.29, 0.717) is 6.61 Å². The van der Waals surface area contributed by atoms with Gasteiger partial charge in [0, 0.05) is 6.20 Å². The van der Waals surface area contributed by atoms with E-state index in [0.717, 1.165) is 16.8 Å². The Morgan fingerprint density at radius 2 is 2.20 bits per heavy atom. The fourth-order valence-corrected chi connectivity index (χ4v) is 1.71. The first-order valence-corrected chi connectivity index (χ1v) is 5.84. The van der Waals surface area contributed by atoms with Crippen LogP contribution in [0.2, 0.25) is 0 Å². The monoisotopic (exact) mass is 277 g/mol. The van der Waals surface area contributed by atoms with E-state index in [1.54, 1.807) is 6.92 Å². The summed E-state index contributed by atoms with van der Waals surface area (Å²) >= 11 is 0. The normalized spacial score (nSPS) is 10.3. The summed E-state index contributed by atoms with van der Waals surface area (Å²) in [4.78, 5) is 27.4. The molecule has 0 spiro atoms. The van der Waals surface area contributed by atoms with Crippen molar-refractivity contribution in [2.45, 2.75) is 6.92 Å². The topological polar surface area (TPSA) is 87.2 Å². The smallest absolute Gasteiger partial charge is 0.272 e. The highest BCUT2D eigenvalue weighted by molar-refractivity contribution is 5.95. The molecule has 2 aromatic heterocycles. The van der Waals surface area contributed by atoms with Crippen LogP contribution in [0.25, 0.3) is 5.82 Å². The lowest BCUT2D eigenvalue weighted by atomic mass is 10.2. The third-order valence-electron chi connectivity index (χ3n) is 2.56. The number of amides is 1. The van der Waals surface area contributed by atoms with Crippen LogP contribution in [0.3, 0.4) is 0 Å². The van der Waals surface area contributed by atoms with E-state index in [2.05, 4.69) is 4.98 Å². The first-order valence-electron chi connectivity index (χ1n) is 5.84. The predicted octanol–water partition coefficient (Wildman–Crippen LogP) is 0.869. The predicted molar refractivity (Wildman–Crippen MR) is 69.5 cm³/mol. The molecule has 1 amide bonds. The molecule has 2 N–H and O–H groups in total. The van der Waals surface area contributed by atoms with Crippen LogP contribution < -0.4 is 16.0 Å². The van der Waals surface area contributed by atoms with E-state index in [4.69, 9.17) is 10.5 Å². The largest absolute Gasteiger partial charge is 0.493 e. The highest BCUT2D eigenvalue weighted by Gasteiger charge is 2.17. The molecule has 0 aromatic carbocycles. The number of nitrogens with two attached hydrogens (primary N) is 1. The first kappa shape index (κ1) is 13.7. The van der Waals surface area contributed by atoms with Crippen molar-refractivity contribution in [1.29, 1.82) is 0 Å². The summed E-state index contributed by atoms with van der Waals surface area (Å²) in [6.45, 7) is 2.01. The van der Waals surface area contributed by atoms with Crippen LogP contribution in [0, 0.1) is 5.82 Å². The van der Waals surface area contributed by atoms with Crippen LogP contribution in [0.5, 0.6) is 5.75 Å². The molecule has 0 saturated carbocycles. The second-order valence-corrected chi connectivity index (χ2v) is 3.86. The Morgan fingerprint density at radius 3 is 2.75 bits per heavy atom. The minimum absolute atomic E-state index is 0.114. The van der Waals surface area contributed by atoms with Gasteiger partial charge in [0.05, 0.1) is 12.8 Å². The van der Waals surface area contributed by atoms with Gasteiger partial charge in [0.15, 0.2) is 0 Å². The summed E-state index contributed by atoms with van der Waals surface area (Å²) in [7, 11) is 0. The van der Waals surface area contributed by atoms with Crippen molar-refractivity contribution in [2.75, 3.05) is 6.61 Å². The van der Waals surface area contributed by atoms with E-state index >= 15 is 0 Å². The number of pyridine rings is 2. The number of aromatic nitrogens is 2. The molecule has 0 saturated heterocycles. The number of primary amides is 1. The van der Waals surface area contributed by atoms with Crippen LogP contribution in [0.15, 0.2) is 35.4 Å². The fourth-order valence-electron chi connectivity index (χ4n) is 1.71. The van der Waals surface area contributed by atoms with Crippen molar-refractivity contribution in [2.24, 2.45) is 5.73 Å². The number of hydrogen-bond acceptors (Lipinski definition) is 4. The lowest BCUT2D eigenvalue weighted by Crippen LogP contribution is -2.29. The van der Waals surface area contributed by atoms with Crippen LogP contribution in [0.1, 0.15) is 17.3 Å². The molecule has 0 unspecified atom stereocenters. The second-order valence-electron chi connectivity index (χ2n) is 3.86. The van der Waals surface area contributed by atoms with Crippen LogP contribution >= 0.6 is 0 Å². The molecule has 7 heteroatoms. The Balaban J connectivity index is 2.62. The van der Waals surface area contributed by atoms with Crippen LogP contribution in [0.4, 0.5) is 4.39 Å². The number of carbonyl (C=O) groups excluding carboxylic acids is 1. The number of ether oxygens (including phenoxy) is 1. The summed E-state index contributed by atoms with van der Waals surface area (Å²) in [5, 5.41) is 0. The van der Waals surface area contributed by atoms with E-state index in [9.17, 15) is 14.0 Å². The number of carbonyl (C=O) groups is 1. The molecular weight excluding hydrogens is 265 g/mol. The Bertz CT molecular complexity index is 695. The third kappa shape index (κ3) is 2.51. The highest BCUT2D eigenvalue weighted by Crippen LogP contribution is 2.15. The number of nitrogens with zero attached hydrogens (tertiary/aromatic N) is 2. The molecule has 104 valence electrons. The summed E-state index contributed by atoms with van der Waals surface area (Å²) in [5.74, 6) is -1.12. The molecule has 0 atom stereocenters. The minimum atomic E-state index is -0.894. The molecular formula is C13H12FN3O3. The molecule has 2 aromatic rings. The van der Waals surface area contributed by atoms with Gasteiger partial charge in [-0.05, 0) is 25.1 Å².